The highest BCUT2D eigenvalue weighted by Gasteiger charge is 2.46. The number of rotatable bonds is 3. The predicted octanol–water partition coefficient (Wildman–Crippen LogP) is 3.61. The summed E-state index contributed by atoms with van der Waals surface area (Å²) in [5.74, 6) is 1.12. The molecule has 154 valence electrons. The van der Waals surface area contributed by atoms with Gasteiger partial charge in [0.1, 0.15) is 10.8 Å². The number of hydrogen-bond acceptors (Lipinski definition) is 8. The number of halogens is 1. The molecule has 9 heteroatoms. The molecule has 0 bridgehead atoms. The molecule has 4 N–H and O–H groups in total. The molecule has 0 amide bonds. The van der Waals surface area contributed by atoms with E-state index in [1.807, 2.05) is 6.07 Å². The molecule has 3 aromatic rings. The zero-order valence-electron chi connectivity index (χ0n) is 16.3. The molecule has 0 radical (unpaired) electrons. The van der Waals surface area contributed by atoms with E-state index in [0.717, 1.165) is 41.7 Å². The van der Waals surface area contributed by atoms with E-state index in [9.17, 15) is 0 Å². The number of pyridine rings is 1. The van der Waals surface area contributed by atoms with Crippen LogP contribution in [-0.2, 0) is 6.42 Å². The lowest BCUT2D eigenvalue weighted by Gasteiger charge is -2.42. The summed E-state index contributed by atoms with van der Waals surface area (Å²) in [4.78, 5) is 11.8. The van der Waals surface area contributed by atoms with Crippen LogP contribution in [0.3, 0.4) is 0 Å². The lowest BCUT2D eigenvalue weighted by molar-refractivity contribution is 0.186. The van der Waals surface area contributed by atoms with Crippen LogP contribution in [0, 0.1) is 5.41 Å². The van der Waals surface area contributed by atoms with Gasteiger partial charge in [-0.05, 0) is 57.8 Å². The Morgan fingerprint density at radius 1 is 1.10 bits per heavy atom. The molecule has 1 aliphatic heterocycles. The van der Waals surface area contributed by atoms with E-state index in [2.05, 4.69) is 65.3 Å². The third kappa shape index (κ3) is 3.44. The number of aromatic nitrogens is 4. The van der Waals surface area contributed by atoms with Crippen molar-refractivity contribution < 1.29 is 0 Å². The second-order valence-corrected chi connectivity index (χ2v) is 9.76. The Morgan fingerprint density at radius 3 is 2.63 bits per heavy atom. The van der Waals surface area contributed by atoms with Crippen LogP contribution in [0.15, 0.2) is 57.1 Å². The summed E-state index contributed by atoms with van der Waals surface area (Å²) >= 11 is 4.92. The first-order valence-corrected chi connectivity index (χ1v) is 11.5. The number of nitrogens with zero attached hydrogens (tertiary/aromatic N) is 5. The van der Waals surface area contributed by atoms with Crippen molar-refractivity contribution in [2.45, 2.75) is 35.2 Å². The van der Waals surface area contributed by atoms with Crippen molar-refractivity contribution >= 4 is 39.5 Å². The summed E-state index contributed by atoms with van der Waals surface area (Å²) in [6.07, 6.45) is 6.57. The van der Waals surface area contributed by atoms with Gasteiger partial charge in [0.15, 0.2) is 0 Å². The van der Waals surface area contributed by atoms with Crippen LogP contribution >= 0.6 is 27.7 Å². The first-order valence-electron chi connectivity index (χ1n) is 9.92. The molecule has 0 saturated carbocycles. The van der Waals surface area contributed by atoms with Crippen LogP contribution in [0.4, 0.5) is 11.8 Å². The smallest absolute Gasteiger partial charge is 0.245 e. The molecule has 1 atom stereocenters. The number of nitrogens with two attached hydrogens (primary N) is 2. The number of piperidine rings is 1. The van der Waals surface area contributed by atoms with Gasteiger partial charge in [-0.25, -0.2) is 9.97 Å². The minimum Gasteiger partial charge on any atom is -0.383 e. The van der Waals surface area contributed by atoms with Gasteiger partial charge in [0, 0.05) is 30.2 Å². The highest BCUT2D eigenvalue weighted by Crippen LogP contribution is 2.50. The molecule has 1 saturated heterocycles. The van der Waals surface area contributed by atoms with E-state index in [-0.39, 0.29) is 11.5 Å². The van der Waals surface area contributed by atoms with Gasteiger partial charge >= 0.3 is 0 Å². The first-order chi connectivity index (χ1) is 14.6. The maximum Gasteiger partial charge on any atom is 0.245 e. The van der Waals surface area contributed by atoms with E-state index >= 15 is 0 Å². The second-order valence-electron chi connectivity index (χ2n) is 7.91. The largest absolute Gasteiger partial charge is 0.383 e. The van der Waals surface area contributed by atoms with Gasteiger partial charge in [-0.2, -0.15) is 0 Å². The van der Waals surface area contributed by atoms with Crippen molar-refractivity contribution in [1.82, 2.24) is 20.2 Å². The van der Waals surface area contributed by atoms with Crippen LogP contribution in [0.1, 0.15) is 30.0 Å². The molecular formula is C21H22BrN7S. The topological polar surface area (TPSA) is 107 Å². The number of fused-ring (bicyclic) bond motifs is 1. The van der Waals surface area contributed by atoms with Gasteiger partial charge in [0.25, 0.3) is 0 Å². The number of anilines is 2. The summed E-state index contributed by atoms with van der Waals surface area (Å²) < 4.78 is 0.760. The minimum absolute atomic E-state index is 0.111. The number of benzene rings is 1. The summed E-state index contributed by atoms with van der Waals surface area (Å²) in [7, 11) is 0. The van der Waals surface area contributed by atoms with Gasteiger partial charge in [0.2, 0.25) is 5.95 Å². The fourth-order valence-corrected chi connectivity index (χ4v) is 5.75. The van der Waals surface area contributed by atoms with Crippen molar-refractivity contribution in [3.63, 3.8) is 0 Å². The van der Waals surface area contributed by atoms with Gasteiger partial charge in [-0.3, -0.25) is 0 Å². The fraction of sp³-hybridized carbons (Fsp3) is 0.333. The normalized spacial score (nSPS) is 19.8. The van der Waals surface area contributed by atoms with Crippen LogP contribution in [0.25, 0.3) is 0 Å². The fourth-order valence-electron chi connectivity index (χ4n) is 4.54. The third-order valence-corrected chi connectivity index (χ3v) is 8.31. The molecule has 2 aromatic heterocycles. The minimum atomic E-state index is 0.111. The highest BCUT2D eigenvalue weighted by molar-refractivity contribution is 9.10. The molecule has 30 heavy (non-hydrogen) atoms. The van der Waals surface area contributed by atoms with Crippen molar-refractivity contribution in [2.75, 3.05) is 23.7 Å². The quantitative estimate of drug-likeness (QED) is 0.581. The van der Waals surface area contributed by atoms with Crippen LogP contribution in [0.5, 0.6) is 0 Å². The molecule has 1 fully saturated rings. The lowest BCUT2D eigenvalue weighted by Crippen LogP contribution is -2.45. The summed E-state index contributed by atoms with van der Waals surface area (Å²) in [5.41, 5.74) is 15.4. The first kappa shape index (κ1) is 19.7. The molecule has 2 aliphatic rings. The molecule has 1 spiro atoms. The van der Waals surface area contributed by atoms with Crippen LogP contribution in [-0.4, -0.2) is 33.3 Å². The van der Waals surface area contributed by atoms with Crippen LogP contribution < -0.4 is 16.4 Å². The SMILES string of the molecule is Nc1nccc(Sc2cnc(N3CCC4(CC3)Cc3ccccc3[C@H]4N)nn2)c1Br. The third-order valence-electron chi connectivity index (χ3n) is 6.26. The van der Waals surface area contributed by atoms with Crippen molar-refractivity contribution in [1.29, 1.82) is 0 Å². The molecule has 1 aliphatic carbocycles. The standard InChI is InChI=1S/C21H22BrN7S/c22-17-15(5-8-25-19(17)24)30-16-12-26-20(28-27-16)29-9-6-21(7-10-29)11-13-3-1-2-4-14(13)18(21)23/h1-5,8,12,18H,6-7,9-11,23H2,(H2,24,25)/t18-/m1/s1. The van der Waals surface area contributed by atoms with E-state index in [1.54, 1.807) is 12.4 Å². The molecular weight excluding hydrogens is 462 g/mol. The Balaban J connectivity index is 1.26. The molecule has 3 heterocycles. The maximum atomic E-state index is 6.67. The van der Waals surface area contributed by atoms with Crippen molar-refractivity contribution in [3.8, 4) is 0 Å². The number of hydrogen-bond donors (Lipinski definition) is 2. The average molecular weight is 484 g/mol. The zero-order valence-corrected chi connectivity index (χ0v) is 18.7. The Kier molecular flexibility index (Phi) is 5.12. The Labute approximate surface area is 187 Å². The Bertz CT molecular complexity index is 1070. The summed E-state index contributed by atoms with van der Waals surface area (Å²) in [5, 5.41) is 9.45. The summed E-state index contributed by atoms with van der Waals surface area (Å²) in [6, 6.07) is 10.6. The Morgan fingerprint density at radius 2 is 1.90 bits per heavy atom. The lowest BCUT2D eigenvalue weighted by atomic mass is 9.73. The molecule has 5 rings (SSSR count). The van der Waals surface area contributed by atoms with E-state index in [1.165, 1.54) is 22.9 Å². The van der Waals surface area contributed by atoms with Crippen LogP contribution in [0.2, 0.25) is 0 Å². The molecule has 7 nitrogen and oxygen atoms in total. The Hall–Kier alpha value is -2.23. The number of nitrogen functional groups attached to an aromatic ring is 1. The van der Waals surface area contributed by atoms with Gasteiger partial charge in [-0.1, -0.05) is 36.0 Å². The zero-order chi connectivity index (χ0) is 20.7. The highest BCUT2D eigenvalue weighted by atomic mass is 79.9. The second kappa shape index (κ2) is 7.79. The van der Waals surface area contributed by atoms with E-state index in [0.29, 0.717) is 16.8 Å². The van der Waals surface area contributed by atoms with Crippen molar-refractivity contribution in [3.05, 3.63) is 58.3 Å². The maximum absolute atomic E-state index is 6.67. The summed E-state index contributed by atoms with van der Waals surface area (Å²) in [6.45, 7) is 1.78. The molecule has 0 unspecified atom stereocenters. The van der Waals surface area contributed by atoms with Crippen molar-refractivity contribution in [2.24, 2.45) is 11.1 Å². The van der Waals surface area contributed by atoms with E-state index in [4.69, 9.17) is 11.5 Å². The predicted molar refractivity (Wildman–Crippen MR) is 121 cm³/mol. The monoisotopic (exact) mass is 483 g/mol. The van der Waals surface area contributed by atoms with Gasteiger partial charge < -0.3 is 16.4 Å². The average Bonchev–Trinajstić information content (AvgIpc) is 3.04. The molecule has 1 aromatic carbocycles. The van der Waals surface area contributed by atoms with Gasteiger partial charge in [0.05, 0.1) is 10.7 Å². The van der Waals surface area contributed by atoms with E-state index < -0.39 is 0 Å². The van der Waals surface area contributed by atoms with Gasteiger partial charge in [-0.15, -0.1) is 10.2 Å².